The largest absolute Gasteiger partial charge is 0.310 e. The molecular formula is C14H26N4. The van der Waals surface area contributed by atoms with E-state index in [1.165, 1.54) is 25.7 Å². The van der Waals surface area contributed by atoms with Gasteiger partial charge in [-0.1, -0.05) is 33.6 Å². The molecule has 0 aliphatic heterocycles. The summed E-state index contributed by atoms with van der Waals surface area (Å²) in [5.74, 6) is 2.59. The van der Waals surface area contributed by atoms with Crippen LogP contribution in [-0.4, -0.2) is 21.3 Å². The van der Waals surface area contributed by atoms with Crippen LogP contribution in [0.2, 0.25) is 0 Å². The minimum atomic E-state index is 0.562. The number of nitrogens with one attached hydrogen (secondary N) is 1. The fourth-order valence-electron chi connectivity index (χ4n) is 2.80. The van der Waals surface area contributed by atoms with Crippen LogP contribution in [0.5, 0.6) is 0 Å². The number of hydrogen-bond acceptors (Lipinski definition) is 3. The van der Waals surface area contributed by atoms with Crippen molar-refractivity contribution in [3.63, 3.8) is 0 Å². The van der Waals surface area contributed by atoms with Gasteiger partial charge >= 0.3 is 0 Å². The molecule has 0 spiro atoms. The van der Waals surface area contributed by atoms with E-state index in [0.717, 1.165) is 24.8 Å². The van der Waals surface area contributed by atoms with Crippen molar-refractivity contribution in [2.75, 3.05) is 6.54 Å². The molecule has 0 radical (unpaired) electrons. The molecule has 1 aromatic rings. The standard InChI is InChI=1S/C14H26N4/c1-11(2)8-15-9-14-16-10-17-18(14)13-6-4-5-12(3)7-13/h10-13,15H,4-9H2,1-3H3. The third kappa shape index (κ3) is 3.55. The third-order valence-corrected chi connectivity index (χ3v) is 3.74. The summed E-state index contributed by atoms with van der Waals surface area (Å²) in [7, 11) is 0. The maximum absolute atomic E-state index is 4.44. The molecular weight excluding hydrogens is 224 g/mol. The molecule has 1 N–H and O–H groups in total. The SMILES string of the molecule is CC(C)CNCc1ncnn1C1CCCC(C)C1. The summed E-state index contributed by atoms with van der Waals surface area (Å²) in [5.41, 5.74) is 0. The average Bonchev–Trinajstić information content (AvgIpc) is 2.77. The van der Waals surface area contributed by atoms with Gasteiger partial charge in [-0.25, -0.2) is 9.67 Å². The van der Waals surface area contributed by atoms with Crippen LogP contribution in [0.3, 0.4) is 0 Å². The Morgan fingerprint density at radius 2 is 2.28 bits per heavy atom. The molecule has 1 aromatic heterocycles. The Hall–Kier alpha value is -0.900. The Labute approximate surface area is 110 Å². The van der Waals surface area contributed by atoms with Crippen molar-refractivity contribution >= 4 is 0 Å². The van der Waals surface area contributed by atoms with Gasteiger partial charge in [0, 0.05) is 0 Å². The fourth-order valence-corrected chi connectivity index (χ4v) is 2.80. The van der Waals surface area contributed by atoms with Crippen LogP contribution < -0.4 is 5.32 Å². The Morgan fingerprint density at radius 1 is 1.44 bits per heavy atom. The van der Waals surface area contributed by atoms with Crippen molar-refractivity contribution < 1.29 is 0 Å². The normalized spacial score (nSPS) is 24.7. The Morgan fingerprint density at radius 3 is 3.00 bits per heavy atom. The van der Waals surface area contributed by atoms with Gasteiger partial charge in [0.1, 0.15) is 12.2 Å². The monoisotopic (exact) mass is 250 g/mol. The highest BCUT2D eigenvalue weighted by molar-refractivity contribution is 4.89. The van der Waals surface area contributed by atoms with Crippen LogP contribution >= 0.6 is 0 Å². The Balaban J connectivity index is 1.94. The smallest absolute Gasteiger partial charge is 0.141 e. The van der Waals surface area contributed by atoms with Gasteiger partial charge in [-0.05, 0) is 31.2 Å². The number of rotatable bonds is 5. The molecule has 0 aromatic carbocycles. The molecule has 1 fully saturated rings. The van der Waals surface area contributed by atoms with Crippen LogP contribution in [0.25, 0.3) is 0 Å². The minimum absolute atomic E-state index is 0.562. The van der Waals surface area contributed by atoms with E-state index in [1.807, 2.05) is 0 Å². The molecule has 0 saturated heterocycles. The van der Waals surface area contributed by atoms with Crippen LogP contribution in [-0.2, 0) is 6.54 Å². The molecule has 0 bridgehead atoms. The molecule has 1 aliphatic rings. The molecule has 1 heterocycles. The molecule has 2 unspecified atom stereocenters. The zero-order valence-corrected chi connectivity index (χ0v) is 11.9. The van der Waals surface area contributed by atoms with Crippen LogP contribution in [0.1, 0.15) is 58.3 Å². The zero-order valence-electron chi connectivity index (χ0n) is 11.9. The first-order chi connectivity index (χ1) is 8.66. The van der Waals surface area contributed by atoms with Gasteiger partial charge < -0.3 is 5.32 Å². The van der Waals surface area contributed by atoms with Crippen molar-refractivity contribution in [3.05, 3.63) is 12.2 Å². The van der Waals surface area contributed by atoms with Gasteiger partial charge in [0.25, 0.3) is 0 Å². The maximum Gasteiger partial charge on any atom is 0.141 e. The van der Waals surface area contributed by atoms with Gasteiger partial charge in [-0.2, -0.15) is 5.10 Å². The van der Waals surface area contributed by atoms with E-state index >= 15 is 0 Å². The van der Waals surface area contributed by atoms with E-state index in [1.54, 1.807) is 6.33 Å². The summed E-state index contributed by atoms with van der Waals surface area (Å²) in [6.07, 6.45) is 6.90. The highest BCUT2D eigenvalue weighted by atomic mass is 15.4. The Bertz CT molecular complexity index is 358. The highest BCUT2D eigenvalue weighted by Gasteiger charge is 2.22. The zero-order chi connectivity index (χ0) is 13.0. The second kappa shape index (κ2) is 6.32. The summed E-state index contributed by atoms with van der Waals surface area (Å²) in [6.45, 7) is 8.66. The lowest BCUT2D eigenvalue weighted by Gasteiger charge is -2.27. The van der Waals surface area contributed by atoms with E-state index < -0.39 is 0 Å². The van der Waals surface area contributed by atoms with Crippen molar-refractivity contribution in [3.8, 4) is 0 Å². The second-order valence-corrected chi connectivity index (χ2v) is 6.07. The van der Waals surface area contributed by atoms with Gasteiger partial charge in [0.05, 0.1) is 12.6 Å². The first-order valence-corrected chi connectivity index (χ1v) is 7.26. The van der Waals surface area contributed by atoms with E-state index in [9.17, 15) is 0 Å². The van der Waals surface area contributed by atoms with Gasteiger partial charge in [-0.3, -0.25) is 0 Å². The topological polar surface area (TPSA) is 42.7 Å². The lowest BCUT2D eigenvalue weighted by atomic mass is 9.87. The van der Waals surface area contributed by atoms with Gasteiger partial charge in [0.15, 0.2) is 0 Å². The van der Waals surface area contributed by atoms with E-state index in [-0.39, 0.29) is 0 Å². The van der Waals surface area contributed by atoms with Crippen LogP contribution in [0, 0.1) is 11.8 Å². The van der Waals surface area contributed by atoms with Gasteiger partial charge in [0.2, 0.25) is 0 Å². The fraction of sp³-hybridized carbons (Fsp3) is 0.857. The molecule has 1 saturated carbocycles. The quantitative estimate of drug-likeness (QED) is 0.874. The van der Waals surface area contributed by atoms with Crippen molar-refractivity contribution in [2.45, 2.75) is 59.0 Å². The lowest BCUT2D eigenvalue weighted by Crippen LogP contribution is -2.25. The highest BCUT2D eigenvalue weighted by Crippen LogP contribution is 2.32. The number of aromatic nitrogens is 3. The predicted octanol–water partition coefficient (Wildman–Crippen LogP) is 2.77. The minimum Gasteiger partial charge on any atom is -0.310 e. The predicted molar refractivity (Wildman–Crippen MR) is 73.2 cm³/mol. The van der Waals surface area contributed by atoms with Crippen molar-refractivity contribution in [2.24, 2.45) is 11.8 Å². The molecule has 4 heteroatoms. The molecule has 0 amide bonds. The van der Waals surface area contributed by atoms with Gasteiger partial charge in [-0.15, -0.1) is 0 Å². The van der Waals surface area contributed by atoms with Crippen molar-refractivity contribution in [1.82, 2.24) is 20.1 Å². The maximum atomic E-state index is 4.44. The van der Waals surface area contributed by atoms with E-state index in [4.69, 9.17) is 0 Å². The number of hydrogen-bond donors (Lipinski definition) is 1. The van der Waals surface area contributed by atoms with E-state index in [2.05, 4.69) is 40.9 Å². The summed E-state index contributed by atoms with van der Waals surface area (Å²) >= 11 is 0. The number of nitrogens with zero attached hydrogens (tertiary/aromatic N) is 3. The summed E-state index contributed by atoms with van der Waals surface area (Å²) in [6, 6.07) is 0.562. The third-order valence-electron chi connectivity index (χ3n) is 3.74. The van der Waals surface area contributed by atoms with Crippen molar-refractivity contribution in [1.29, 1.82) is 0 Å². The van der Waals surface area contributed by atoms with Crippen LogP contribution in [0.4, 0.5) is 0 Å². The first kappa shape index (κ1) is 13.5. The first-order valence-electron chi connectivity index (χ1n) is 7.26. The van der Waals surface area contributed by atoms with E-state index in [0.29, 0.717) is 12.0 Å². The lowest BCUT2D eigenvalue weighted by molar-refractivity contribution is 0.259. The summed E-state index contributed by atoms with van der Waals surface area (Å²) in [5, 5.41) is 7.89. The summed E-state index contributed by atoms with van der Waals surface area (Å²) in [4.78, 5) is 4.40. The molecule has 2 rings (SSSR count). The summed E-state index contributed by atoms with van der Waals surface area (Å²) < 4.78 is 2.16. The molecule has 1 aliphatic carbocycles. The second-order valence-electron chi connectivity index (χ2n) is 6.07. The molecule has 102 valence electrons. The molecule has 2 atom stereocenters. The van der Waals surface area contributed by atoms with Crippen LogP contribution in [0.15, 0.2) is 6.33 Å². The molecule has 18 heavy (non-hydrogen) atoms. The Kier molecular flexibility index (Phi) is 4.75. The molecule has 4 nitrogen and oxygen atoms in total. The average molecular weight is 250 g/mol.